The summed E-state index contributed by atoms with van der Waals surface area (Å²) >= 11 is 5.81. The normalized spacial score (nSPS) is 18.8. The van der Waals surface area contributed by atoms with E-state index in [1.54, 1.807) is 0 Å². The molecule has 1 fully saturated rings. The molecule has 0 radical (unpaired) electrons. The second-order valence-electron chi connectivity index (χ2n) is 4.26. The van der Waals surface area contributed by atoms with Crippen molar-refractivity contribution in [2.75, 3.05) is 6.54 Å². The number of halogens is 1. The van der Waals surface area contributed by atoms with E-state index in [0.717, 1.165) is 24.6 Å². The quantitative estimate of drug-likeness (QED) is 0.829. The Balaban J connectivity index is 2.03. The molecule has 15 heavy (non-hydrogen) atoms. The van der Waals surface area contributed by atoms with Crippen molar-refractivity contribution in [3.05, 3.63) is 23.1 Å². The maximum absolute atomic E-state index is 5.81. The van der Waals surface area contributed by atoms with Crippen LogP contribution < -0.4 is 5.32 Å². The van der Waals surface area contributed by atoms with E-state index in [4.69, 9.17) is 16.0 Å². The molecule has 1 aromatic heterocycles. The van der Waals surface area contributed by atoms with Crippen molar-refractivity contribution in [1.29, 1.82) is 0 Å². The molecule has 2 nitrogen and oxygen atoms in total. The molecule has 1 atom stereocenters. The lowest BCUT2D eigenvalue weighted by atomic mass is 9.79. The fraction of sp³-hybridized carbons (Fsp3) is 0.667. The summed E-state index contributed by atoms with van der Waals surface area (Å²) in [7, 11) is 0. The van der Waals surface area contributed by atoms with Gasteiger partial charge in [-0.2, -0.15) is 0 Å². The minimum atomic E-state index is 0.367. The molecule has 84 valence electrons. The first-order chi connectivity index (χ1) is 7.31. The molecule has 0 bridgehead atoms. The molecule has 3 heteroatoms. The van der Waals surface area contributed by atoms with E-state index in [1.165, 1.54) is 19.3 Å². The van der Waals surface area contributed by atoms with Crippen molar-refractivity contribution in [2.45, 2.75) is 38.6 Å². The first-order valence-electron chi connectivity index (χ1n) is 5.80. The predicted octanol–water partition coefficient (Wildman–Crippen LogP) is 3.77. The third-order valence-electron chi connectivity index (χ3n) is 3.14. The zero-order valence-electron chi connectivity index (χ0n) is 9.13. The molecule has 1 aliphatic carbocycles. The van der Waals surface area contributed by atoms with E-state index in [9.17, 15) is 0 Å². The highest BCUT2D eigenvalue weighted by molar-refractivity contribution is 6.28. The number of hydrogen-bond acceptors (Lipinski definition) is 2. The number of hydrogen-bond donors (Lipinski definition) is 1. The second kappa shape index (κ2) is 5.04. The molecular weight excluding hydrogens is 210 g/mol. The van der Waals surface area contributed by atoms with Crippen LogP contribution >= 0.6 is 11.6 Å². The van der Waals surface area contributed by atoms with Crippen molar-refractivity contribution in [3.8, 4) is 0 Å². The molecule has 0 saturated heterocycles. The maximum atomic E-state index is 5.81. The van der Waals surface area contributed by atoms with Crippen LogP contribution in [-0.2, 0) is 0 Å². The molecule has 0 spiro atoms. The van der Waals surface area contributed by atoms with Crippen molar-refractivity contribution in [1.82, 2.24) is 5.32 Å². The van der Waals surface area contributed by atoms with Crippen LogP contribution in [0.2, 0.25) is 5.22 Å². The lowest BCUT2D eigenvalue weighted by molar-refractivity contribution is 0.208. The summed E-state index contributed by atoms with van der Waals surface area (Å²) in [5, 5.41) is 4.04. The van der Waals surface area contributed by atoms with Crippen LogP contribution in [0.1, 0.15) is 44.4 Å². The topological polar surface area (TPSA) is 25.2 Å². The van der Waals surface area contributed by atoms with Gasteiger partial charge >= 0.3 is 0 Å². The third-order valence-corrected chi connectivity index (χ3v) is 3.34. The first-order valence-corrected chi connectivity index (χ1v) is 6.17. The van der Waals surface area contributed by atoms with Gasteiger partial charge in [-0.1, -0.05) is 13.3 Å². The molecule has 1 aromatic rings. The van der Waals surface area contributed by atoms with Crippen LogP contribution in [0.25, 0.3) is 0 Å². The van der Waals surface area contributed by atoms with Crippen LogP contribution in [0.15, 0.2) is 16.5 Å². The lowest BCUT2D eigenvalue weighted by Crippen LogP contribution is -2.32. The molecule has 0 amide bonds. The molecular formula is C12H18ClNO. The fourth-order valence-corrected chi connectivity index (χ4v) is 2.22. The highest BCUT2D eigenvalue weighted by Crippen LogP contribution is 2.38. The molecule has 2 rings (SSSR count). The van der Waals surface area contributed by atoms with Gasteiger partial charge in [-0.15, -0.1) is 0 Å². The third kappa shape index (κ3) is 2.56. The molecule has 1 unspecified atom stereocenters. The van der Waals surface area contributed by atoms with Crippen molar-refractivity contribution >= 4 is 11.6 Å². The van der Waals surface area contributed by atoms with Crippen molar-refractivity contribution < 1.29 is 4.42 Å². The van der Waals surface area contributed by atoms with Gasteiger partial charge in [0.05, 0.1) is 6.04 Å². The van der Waals surface area contributed by atoms with E-state index in [2.05, 4.69) is 12.2 Å². The number of nitrogens with one attached hydrogen (secondary N) is 1. The standard InChI is InChI=1S/C12H18ClNO/c1-2-8-14-12(9-4-3-5-9)10-6-7-11(13)15-10/h6-7,9,12,14H,2-5,8H2,1H3. The van der Waals surface area contributed by atoms with E-state index in [1.807, 2.05) is 12.1 Å². The smallest absolute Gasteiger partial charge is 0.193 e. The van der Waals surface area contributed by atoms with E-state index in [0.29, 0.717) is 11.3 Å². The Morgan fingerprint density at radius 2 is 2.33 bits per heavy atom. The maximum Gasteiger partial charge on any atom is 0.193 e. The van der Waals surface area contributed by atoms with Gasteiger partial charge < -0.3 is 9.73 Å². The summed E-state index contributed by atoms with van der Waals surface area (Å²) in [6.07, 6.45) is 5.11. The average Bonchev–Trinajstić information content (AvgIpc) is 2.56. The average molecular weight is 228 g/mol. The zero-order chi connectivity index (χ0) is 10.7. The zero-order valence-corrected chi connectivity index (χ0v) is 9.89. The minimum absolute atomic E-state index is 0.367. The van der Waals surface area contributed by atoms with Crippen LogP contribution in [0.3, 0.4) is 0 Å². The summed E-state index contributed by atoms with van der Waals surface area (Å²) in [6.45, 7) is 3.22. The van der Waals surface area contributed by atoms with E-state index in [-0.39, 0.29) is 0 Å². The number of rotatable bonds is 5. The fourth-order valence-electron chi connectivity index (χ4n) is 2.07. The van der Waals surface area contributed by atoms with E-state index >= 15 is 0 Å². The monoisotopic (exact) mass is 227 g/mol. The van der Waals surface area contributed by atoms with Crippen LogP contribution in [-0.4, -0.2) is 6.54 Å². The predicted molar refractivity (Wildman–Crippen MR) is 62.1 cm³/mol. The molecule has 1 N–H and O–H groups in total. The Bertz CT molecular complexity index is 306. The van der Waals surface area contributed by atoms with Gasteiger partial charge in [0.25, 0.3) is 0 Å². The summed E-state index contributed by atoms with van der Waals surface area (Å²) in [5.74, 6) is 1.73. The van der Waals surface area contributed by atoms with Crippen molar-refractivity contribution in [2.24, 2.45) is 5.92 Å². The van der Waals surface area contributed by atoms with Gasteiger partial charge in [-0.3, -0.25) is 0 Å². The molecule has 0 aromatic carbocycles. The first kappa shape index (κ1) is 11.0. The second-order valence-corrected chi connectivity index (χ2v) is 4.64. The Hall–Kier alpha value is -0.470. The SMILES string of the molecule is CCCNC(c1ccc(Cl)o1)C1CCC1. The minimum Gasteiger partial charge on any atom is -0.448 e. The number of furan rings is 1. The molecule has 1 saturated carbocycles. The van der Waals surface area contributed by atoms with Gasteiger partial charge in [0, 0.05) is 0 Å². The lowest BCUT2D eigenvalue weighted by Gasteiger charge is -2.33. The molecule has 1 heterocycles. The Kier molecular flexibility index (Phi) is 3.71. The Morgan fingerprint density at radius 3 is 2.80 bits per heavy atom. The van der Waals surface area contributed by atoms with E-state index < -0.39 is 0 Å². The van der Waals surface area contributed by atoms with Crippen molar-refractivity contribution in [3.63, 3.8) is 0 Å². The van der Waals surface area contributed by atoms with Gasteiger partial charge in [0.1, 0.15) is 5.76 Å². The molecule has 0 aliphatic heterocycles. The van der Waals surface area contributed by atoms with Gasteiger partial charge in [0.2, 0.25) is 0 Å². The highest BCUT2D eigenvalue weighted by atomic mass is 35.5. The largest absolute Gasteiger partial charge is 0.448 e. The highest BCUT2D eigenvalue weighted by Gasteiger charge is 2.29. The van der Waals surface area contributed by atoms with Gasteiger partial charge in [0.15, 0.2) is 5.22 Å². The summed E-state index contributed by atoms with van der Waals surface area (Å²) < 4.78 is 5.50. The molecule has 1 aliphatic rings. The van der Waals surface area contributed by atoms with Gasteiger partial charge in [-0.25, -0.2) is 0 Å². The summed E-state index contributed by atoms with van der Waals surface area (Å²) in [5.41, 5.74) is 0. The summed E-state index contributed by atoms with van der Waals surface area (Å²) in [6, 6.07) is 4.19. The van der Waals surface area contributed by atoms with Crippen LogP contribution in [0, 0.1) is 5.92 Å². The summed E-state index contributed by atoms with van der Waals surface area (Å²) in [4.78, 5) is 0. The van der Waals surface area contributed by atoms with Crippen LogP contribution in [0.5, 0.6) is 0 Å². The van der Waals surface area contributed by atoms with Gasteiger partial charge in [-0.05, 0) is 55.5 Å². The Labute approximate surface area is 96.0 Å². The Morgan fingerprint density at radius 1 is 1.53 bits per heavy atom. The van der Waals surface area contributed by atoms with Crippen LogP contribution in [0.4, 0.5) is 0 Å².